The molecule has 144 valence electrons. The Balaban J connectivity index is 1.55. The van der Waals surface area contributed by atoms with Gasteiger partial charge >= 0.3 is 0 Å². The molecule has 2 amide bonds. The quantitative estimate of drug-likeness (QED) is 0.652. The average Bonchev–Trinajstić information content (AvgIpc) is 3.23. The molecule has 1 unspecified atom stereocenters. The highest BCUT2D eigenvalue weighted by molar-refractivity contribution is 5.99. The molecule has 0 radical (unpaired) electrons. The molecule has 0 aliphatic rings. The molecule has 0 aliphatic heterocycles. The van der Waals surface area contributed by atoms with E-state index in [-0.39, 0.29) is 24.1 Å². The fraction of sp³-hybridized carbons (Fsp3) is 0.143. The Morgan fingerprint density at radius 3 is 2.61 bits per heavy atom. The molecule has 0 saturated carbocycles. The summed E-state index contributed by atoms with van der Waals surface area (Å²) in [5.41, 5.74) is 1.35. The summed E-state index contributed by atoms with van der Waals surface area (Å²) in [5.74, 6) is -0.466. The standard InChI is InChI=1S/C21H19FN2O4/c1-14(23-21(26)19-6-3-11-27-19)20(25)24-17-4-2-5-18(12-17)28-13-15-7-9-16(22)10-8-15/h2-12,14H,13H2,1H3,(H,23,26)(H,24,25). The second-order valence-corrected chi connectivity index (χ2v) is 6.10. The first-order chi connectivity index (χ1) is 13.5. The number of ether oxygens (including phenoxy) is 1. The Morgan fingerprint density at radius 1 is 1.11 bits per heavy atom. The van der Waals surface area contributed by atoms with E-state index >= 15 is 0 Å². The molecule has 28 heavy (non-hydrogen) atoms. The van der Waals surface area contributed by atoms with Gasteiger partial charge in [-0.1, -0.05) is 18.2 Å². The van der Waals surface area contributed by atoms with Crippen molar-refractivity contribution in [1.29, 1.82) is 0 Å². The minimum Gasteiger partial charge on any atom is -0.489 e. The number of benzene rings is 2. The fourth-order valence-electron chi connectivity index (χ4n) is 2.40. The third-order valence-electron chi connectivity index (χ3n) is 3.91. The average molecular weight is 382 g/mol. The Bertz CT molecular complexity index is 939. The number of hydrogen-bond donors (Lipinski definition) is 2. The van der Waals surface area contributed by atoms with Gasteiger partial charge in [0.15, 0.2) is 5.76 Å². The summed E-state index contributed by atoms with van der Waals surface area (Å²) in [6.07, 6.45) is 1.39. The predicted molar refractivity (Wildman–Crippen MR) is 101 cm³/mol. The van der Waals surface area contributed by atoms with Gasteiger partial charge in [0.1, 0.15) is 24.2 Å². The number of anilines is 1. The maximum absolute atomic E-state index is 12.9. The van der Waals surface area contributed by atoms with Crippen molar-refractivity contribution < 1.29 is 23.1 Å². The summed E-state index contributed by atoms with van der Waals surface area (Å²) in [7, 11) is 0. The molecule has 0 saturated heterocycles. The van der Waals surface area contributed by atoms with E-state index in [2.05, 4.69) is 10.6 Å². The normalized spacial score (nSPS) is 11.5. The van der Waals surface area contributed by atoms with Gasteiger partial charge in [0, 0.05) is 11.8 Å². The van der Waals surface area contributed by atoms with E-state index in [4.69, 9.17) is 9.15 Å². The lowest BCUT2D eigenvalue weighted by atomic mass is 10.2. The SMILES string of the molecule is CC(NC(=O)c1ccco1)C(=O)Nc1cccc(OCc2ccc(F)cc2)c1. The van der Waals surface area contributed by atoms with Gasteiger partial charge in [-0.3, -0.25) is 9.59 Å². The number of nitrogens with one attached hydrogen (secondary N) is 2. The van der Waals surface area contributed by atoms with Crippen molar-refractivity contribution in [3.63, 3.8) is 0 Å². The lowest BCUT2D eigenvalue weighted by Crippen LogP contribution is -2.41. The van der Waals surface area contributed by atoms with Gasteiger partial charge < -0.3 is 19.8 Å². The van der Waals surface area contributed by atoms with E-state index in [1.807, 2.05) is 0 Å². The van der Waals surface area contributed by atoms with Crippen molar-refractivity contribution in [3.05, 3.63) is 84.1 Å². The molecule has 7 heteroatoms. The molecule has 1 aromatic heterocycles. The van der Waals surface area contributed by atoms with Crippen molar-refractivity contribution in [1.82, 2.24) is 5.32 Å². The zero-order valence-corrected chi connectivity index (χ0v) is 15.1. The Morgan fingerprint density at radius 2 is 1.89 bits per heavy atom. The van der Waals surface area contributed by atoms with Gasteiger partial charge in [0.2, 0.25) is 5.91 Å². The van der Waals surface area contributed by atoms with Crippen LogP contribution in [-0.4, -0.2) is 17.9 Å². The van der Waals surface area contributed by atoms with Crippen molar-refractivity contribution >= 4 is 17.5 Å². The minimum atomic E-state index is -0.763. The smallest absolute Gasteiger partial charge is 0.287 e. The molecule has 1 atom stereocenters. The van der Waals surface area contributed by atoms with Crippen LogP contribution < -0.4 is 15.4 Å². The lowest BCUT2D eigenvalue weighted by molar-refractivity contribution is -0.117. The highest BCUT2D eigenvalue weighted by Gasteiger charge is 2.18. The third kappa shape index (κ3) is 5.20. The fourth-order valence-corrected chi connectivity index (χ4v) is 2.40. The maximum atomic E-state index is 12.9. The number of amides is 2. The number of carbonyl (C=O) groups is 2. The van der Waals surface area contributed by atoms with Crippen LogP contribution in [0.3, 0.4) is 0 Å². The van der Waals surface area contributed by atoms with Crippen LogP contribution in [0, 0.1) is 5.82 Å². The van der Waals surface area contributed by atoms with Crippen molar-refractivity contribution in [2.75, 3.05) is 5.32 Å². The summed E-state index contributed by atoms with van der Waals surface area (Å²) < 4.78 is 23.6. The first-order valence-corrected chi connectivity index (χ1v) is 8.64. The van der Waals surface area contributed by atoms with Gasteiger partial charge in [-0.25, -0.2) is 4.39 Å². The summed E-state index contributed by atoms with van der Waals surface area (Å²) in [6, 6.07) is 15.2. The number of hydrogen-bond acceptors (Lipinski definition) is 4. The molecule has 0 aliphatic carbocycles. The third-order valence-corrected chi connectivity index (χ3v) is 3.91. The monoisotopic (exact) mass is 382 g/mol. The highest BCUT2D eigenvalue weighted by Crippen LogP contribution is 2.19. The van der Waals surface area contributed by atoms with Gasteiger partial charge in [-0.15, -0.1) is 0 Å². The van der Waals surface area contributed by atoms with E-state index in [9.17, 15) is 14.0 Å². The molecule has 3 rings (SSSR count). The van der Waals surface area contributed by atoms with Crippen LogP contribution in [0.5, 0.6) is 5.75 Å². The summed E-state index contributed by atoms with van der Waals surface area (Å²) in [6.45, 7) is 1.85. The predicted octanol–water partition coefficient (Wildman–Crippen LogP) is 3.75. The molecule has 3 aromatic rings. The summed E-state index contributed by atoms with van der Waals surface area (Å²) >= 11 is 0. The topological polar surface area (TPSA) is 80.6 Å². The van der Waals surface area contributed by atoms with Crippen LogP contribution in [0.25, 0.3) is 0 Å². The number of carbonyl (C=O) groups excluding carboxylic acids is 2. The van der Waals surface area contributed by atoms with Crippen LogP contribution in [0.1, 0.15) is 23.0 Å². The molecule has 0 fully saturated rings. The van der Waals surface area contributed by atoms with Crippen molar-refractivity contribution in [2.45, 2.75) is 19.6 Å². The second kappa shape index (κ2) is 8.85. The highest BCUT2D eigenvalue weighted by atomic mass is 19.1. The summed E-state index contributed by atoms with van der Waals surface area (Å²) in [4.78, 5) is 24.2. The van der Waals surface area contributed by atoms with Gasteiger partial charge in [-0.2, -0.15) is 0 Å². The Labute approximate surface area is 161 Å². The van der Waals surface area contributed by atoms with Crippen LogP contribution in [0.15, 0.2) is 71.3 Å². The lowest BCUT2D eigenvalue weighted by Gasteiger charge is -2.14. The Kier molecular flexibility index (Phi) is 6.06. The molecule has 0 bridgehead atoms. The number of furan rings is 1. The molecule has 2 aromatic carbocycles. The van der Waals surface area contributed by atoms with Gasteiger partial charge in [0.05, 0.1) is 6.26 Å². The molecule has 2 N–H and O–H groups in total. The molecule has 1 heterocycles. The van der Waals surface area contributed by atoms with E-state index < -0.39 is 11.9 Å². The van der Waals surface area contributed by atoms with E-state index in [0.29, 0.717) is 11.4 Å². The van der Waals surface area contributed by atoms with Crippen LogP contribution >= 0.6 is 0 Å². The van der Waals surface area contributed by atoms with Crippen molar-refractivity contribution in [3.8, 4) is 5.75 Å². The second-order valence-electron chi connectivity index (χ2n) is 6.10. The molecular formula is C21H19FN2O4. The van der Waals surface area contributed by atoms with Crippen molar-refractivity contribution in [2.24, 2.45) is 0 Å². The largest absolute Gasteiger partial charge is 0.489 e. The Hall–Kier alpha value is -3.61. The van der Waals surface area contributed by atoms with Crippen LogP contribution in [-0.2, 0) is 11.4 Å². The maximum Gasteiger partial charge on any atom is 0.287 e. The number of halogens is 1. The minimum absolute atomic E-state index is 0.135. The van der Waals surface area contributed by atoms with Gasteiger partial charge in [-0.05, 0) is 48.9 Å². The molecule has 6 nitrogen and oxygen atoms in total. The van der Waals surface area contributed by atoms with Crippen LogP contribution in [0.4, 0.5) is 10.1 Å². The number of rotatable bonds is 7. The van der Waals surface area contributed by atoms with E-state index in [0.717, 1.165) is 5.56 Å². The molecular weight excluding hydrogens is 363 g/mol. The van der Waals surface area contributed by atoms with Gasteiger partial charge in [0.25, 0.3) is 5.91 Å². The zero-order chi connectivity index (χ0) is 19.9. The van der Waals surface area contributed by atoms with E-state index in [1.165, 1.54) is 24.5 Å². The summed E-state index contributed by atoms with van der Waals surface area (Å²) in [5, 5.41) is 5.29. The zero-order valence-electron chi connectivity index (χ0n) is 15.1. The first-order valence-electron chi connectivity index (χ1n) is 8.64. The first kappa shape index (κ1) is 19.2. The van der Waals surface area contributed by atoms with E-state index in [1.54, 1.807) is 49.4 Å². The van der Waals surface area contributed by atoms with Crippen LogP contribution in [0.2, 0.25) is 0 Å². The molecule has 0 spiro atoms.